The van der Waals surface area contributed by atoms with E-state index < -0.39 is 6.04 Å². The van der Waals surface area contributed by atoms with E-state index in [2.05, 4.69) is 15.2 Å². The maximum Gasteiger partial charge on any atom is 0.324 e. The van der Waals surface area contributed by atoms with E-state index in [0.29, 0.717) is 11.6 Å². The Hall–Kier alpha value is -1.07. The molecule has 0 aliphatic rings. The van der Waals surface area contributed by atoms with Crippen LogP contribution in [0.1, 0.15) is 0 Å². The molecule has 14 heavy (non-hydrogen) atoms. The zero-order valence-corrected chi connectivity index (χ0v) is 8.78. The Morgan fingerprint density at radius 2 is 2.57 bits per heavy atom. The standard InChI is InChI=1S/C8H12ClN3O2/c1-10-7(8(13)14-2)5-12-4-6(9)3-11-12/h3-4,7,10H,5H2,1-2H3. The van der Waals surface area contributed by atoms with Crippen molar-refractivity contribution >= 4 is 17.6 Å². The molecule has 5 nitrogen and oxygen atoms in total. The van der Waals surface area contributed by atoms with Crippen LogP contribution >= 0.6 is 11.6 Å². The van der Waals surface area contributed by atoms with E-state index in [-0.39, 0.29) is 5.97 Å². The highest BCUT2D eigenvalue weighted by Gasteiger charge is 2.17. The van der Waals surface area contributed by atoms with Gasteiger partial charge in [0.05, 0.1) is 24.9 Å². The van der Waals surface area contributed by atoms with E-state index in [0.717, 1.165) is 0 Å². The number of nitrogens with zero attached hydrogens (tertiary/aromatic N) is 2. The summed E-state index contributed by atoms with van der Waals surface area (Å²) >= 11 is 5.68. The van der Waals surface area contributed by atoms with Gasteiger partial charge in [-0.05, 0) is 7.05 Å². The van der Waals surface area contributed by atoms with Gasteiger partial charge in [0.2, 0.25) is 0 Å². The van der Waals surface area contributed by atoms with Gasteiger partial charge in [-0.2, -0.15) is 5.10 Å². The van der Waals surface area contributed by atoms with E-state index in [1.807, 2.05) is 0 Å². The van der Waals surface area contributed by atoms with Crippen molar-refractivity contribution in [2.45, 2.75) is 12.6 Å². The van der Waals surface area contributed by atoms with Gasteiger partial charge in [0.25, 0.3) is 0 Å². The molecule has 0 saturated heterocycles. The van der Waals surface area contributed by atoms with E-state index >= 15 is 0 Å². The number of nitrogens with one attached hydrogen (secondary N) is 1. The van der Waals surface area contributed by atoms with E-state index in [1.54, 1.807) is 17.9 Å². The molecule has 1 heterocycles. The average molecular weight is 218 g/mol. The fraction of sp³-hybridized carbons (Fsp3) is 0.500. The Morgan fingerprint density at radius 3 is 3.00 bits per heavy atom. The summed E-state index contributed by atoms with van der Waals surface area (Å²) in [6, 6.07) is -0.407. The highest BCUT2D eigenvalue weighted by atomic mass is 35.5. The number of hydrogen-bond donors (Lipinski definition) is 1. The van der Waals surface area contributed by atoms with Crippen molar-refractivity contribution in [3.63, 3.8) is 0 Å². The number of aromatic nitrogens is 2. The fourth-order valence-electron chi connectivity index (χ4n) is 1.05. The Bertz CT molecular complexity index is 313. The molecule has 0 spiro atoms. The Kier molecular flexibility index (Phi) is 3.91. The highest BCUT2D eigenvalue weighted by molar-refractivity contribution is 6.30. The predicted octanol–water partition coefficient (Wildman–Crippen LogP) is 0.297. The first kappa shape index (κ1) is 11.0. The summed E-state index contributed by atoms with van der Waals surface area (Å²) < 4.78 is 6.19. The van der Waals surface area contributed by atoms with Gasteiger partial charge in [0.1, 0.15) is 6.04 Å². The summed E-state index contributed by atoms with van der Waals surface area (Å²) in [6.45, 7) is 0.399. The quantitative estimate of drug-likeness (QED) is 0.737. The molecular formula is C8H12ClN3O2. The van der Waals surface area contributed by atoms with Gasteiger partial charge < -0.3 is 10.1 Å². The van der Waals surface area contributed by atoms with Gasteiger partial charge >= 0.3 is 5.97 Å². The lowest BCUT2D eigenvalue weighted by molar-refractivity contribution is -0.143. The number of likely N-dealkylation sites (N-methyl/N-ethyl adjacent to an activating group) is 1. The molecule has 0 aliphatic heterocycles. The number of halogens is 1. The van der Waals surface area contributed by atoms with Crippen molar-refractivity contribution in [3.8, 4) is 0 Å². The Balaban J connectivity index is 2.61. The molecule has 1 N–H and O–H groups in total. The van der Waals surface area contributed by atoms with Crippen LogP contribution in [0.3, 0.4) is 0 Å². The third-order valence-corrected chi connectivity index (χ3v) is 2.00. The molecular weight excluding hydrogens is 206 g/mol. The zero-order valence-electron chi connectivity index (χ0n) is 8.03. The number of carbonyl (C=O) groups is 1. The van der Waals surface area contributed by atoms with Crippen LogP contribution in [-0.4, -0.2) is 35.9 Å². The first-order valence-electron chi connectivity index (χ1n) is 4.10. The molecule has 1 aromatic rings. The second-order valence-electron chi connectivity index (χ2n) is 2.75. The minimum Gasteiger partial charge on any atom is -0.468 e. The van der Waals surface area contributed by atoms with Crippen molar-refractivity contribution in [2.24, 2.45) is 0 Å². The largest absolute Gasteiger partial charge is 0.468 e. The van der Waals surface area contributed by atoms with Crippen LogP contribution in [0.4, 0.5) is 0 Å². The van der Waals surface area contributed by atoms with E-state index in [1.165, 1.54) is 13.3 Å². The molecule has 1 rings (SSSR count). The molecule has 0 aliphatic carbocycles. The molecule has 6 heteroatoms. The van der Waals surface area contributed by atoms with Crippen molar-refractivity contribution in [3.05, 3.63) is 17.4 Å². The maximum absolute atomic E-state index is 11.2. The molecule has 0 fully saturated rings. The lowest BCUT2D eigenvalue weighted by Gasteiger charge is -2.12. The van der Waals surface area contributed by atoms with Crippen molar-refractivity contribution in [1.29, 1.82) is 0 Å². The number of hydrogen-bond acceptors (Lipinski definition) is 4. The molecule has 78 valence electrons. The monoisotopic (exact) mass is 217 g/mol. The summed E-state index contributed by atoms with van der Waals surface area (Å²) in [7, 11) is 3.04. The van der Waals surface area contributed by atoms with Crippen LogP contribution in [0.5, 0.6) is 0 Å². The number of ether oxygens (including phenoxy) is 1. The second-order valence-corrected chi connectivity index (χ2v) is 3.18. The SMILES string of the molecule is CNC(Cn1cc(Cl)cn1)C(=O)OC. The summed E-state index contributed by atoms with van der Waals surface area (Å²) in [5.41, 5.74) is 0. The minimum absolute atomic E-state index is 0.320. The number of carbonyl (C=O) groups excluding carboxylic acids is 1. The fourth-order valence-corrected chi connectivity index (χ4v) is 1.21. The lowest BCUT2D eigenvalue weighted by Crippen LogP contribution is -2.38. The molecule has 0 bridgehead atoms. The highest BCUT2D eigenvalue weighted by Crippen LogP contribution is 2.05. The molecule has 1 aromatic heterocycles. The van der Waals surface area contributed by atoms with Crippen LogP contribution in [-0.2, 0) is 16.1 Å². The van der Waals surface area contributed by atoms with E-state index in [9.17, 15) is 4.79 Å². The van der Waals surface area contributed by atoms with Crippen molar-refractivity contribution in [1.82, 2.24) is 15.1 Å². The third kappa shape index (κ3) is 2.71. The van der Waals surface area contributed by atoms with Gasteiger partial charge in [-0.1, -0.05) is 11.6 Å². The average Bonchev–Trinajstić information content (AvgIpc) is 2.59. The lowest BCUT2D eigenvalue weighted by atomic mass is 10.3. The molecule has 1 unspecified atom stereocenters. The Morgan fingerprint density at radius 1 is 1.86 bits per heavy atom. The normalized spacial score (nSPS) is 12.5. The van der Waals surface area contributed by atoms with Crippen LogP contribution < -0.4 is 5.32 Å². The first-order valence-corrected chi connectivity index (χ1v) is 4.48. The van der Waals surface area contributed by atoms with Gasteiger partial charge in [0.15, 0.2) is 0 Å². The van der Waals surface area contributed by atoms with Gasteiger partial charge in [-0.25, -0.2) is 0 Å². The van der Waals surface area contributed by atoms with Gasteiger partial charge in [-0.15, -0.1) is 0 Å². The van der Waals surface area contributed by atoms with Crippen molar-refractivity contribution < 1.29 is 9.53 Å². The first-order chi connectivity index (χ1) is 6.67. The number of methoxy groups -OCH3 is 1. The number of rotatable bonds is 4. The third-order valence-electron chi connectivity index (χ3n) is 1.81. The van der Waals surface area contributed by atoms with Crippen LogP contribution in [0, 0.1) is 0 Å². The van der Waals surface area contributed by atoms with Gasteiger partial charge in [0, 0.05) is 6.20 Å². The summed E-state index contributed by atoms with van der Waals surface area (Å²) in [6.07, 6.45) is 3.17. The summed E-state index contributed by atoms with van der Waals surface area (Å²) in [4.78, 5) is 11.2. The topological polar surface area (TPSA) is 56.2 Å². The Labute approximate surface area is 87.0 Å². The number of esters is 1. The zero-order chi connectivity index (χ0) is 10.6. The second kappa shape index (κ2) is 4.97. The molecule has 0 amide bonds. The van der Waals surface area contributed by atoms with Crippen LogP contribution in [0.25, 0.3) is 0 Å². The smallest absolute Gasteiger partial charge is 0.324 e. The summed E-state index contributed by atoms with van der Waals surface area (Å²) in [5.74, 6) is -0.320. The molecule has 0 aromatic carbocycles. The van der Waals surface area contributed by atoms with Crippen molar-refractivity contribution in [2.75, 3.05) is 14.2 Å². The maximum atomic E-state index is 11.2. The van der Waals surface area contributed by atoms with Gasteiger partial charge in [-0.3, -0.25) is 9.48 Å². The predicted molar refractivity (Wildman–Crippen MR) is 52.1 cm³/mol. The molecule has 0 saturated carbocycles. The van der Waals surface area contributed by atoms with Crippen LogP contribution in [0.2, 0.25) is 5.02 Å². The summed E-state index contributed by atoms with van der Waals surface area (Å²) in [5, 5.41) is 7.34. The minimum atomic E-state index is -0.407. The van der Waals surface area contributed by atoms with Crippen LogP contribution in [0.15, 0.2) is 12.4 Å². The molecule has 0 radical (unpaired) electrons. The molecule has 1 atom stereocenters. The van der Waals surface area contributed by atoms with E-state index in [4.69, 9.17) is 11.6 Å².